The molecule has 0 bridgehead atoms. The molecule has 2 heterocycles. The van der Waals surface area contributed by atoms with Crippen molar-refractivity contribution in [1.29, 1.82) is 0 Å². The zero-order valence-electron chi connectivity index (χ0n) is 9.43. The fourth-order valence-electron chi connectivity index (χ4n) is 1.83. The summed E-state index contributed by atoms with van der Waals surface area (Å²) in [6, 6.07) is 7.89. The second kappa shape index (κ2) is 4.23. The first-order valence-electron chi connectivity index (χ1n) is 5.29. The number of benzene rings is 1. The largest absolute Gasteiger partial charge is 0.225 e. The molecule has 0 radical (unpaired) electrons. The van der Waals surface area contributed by atoms with Gasteiger partial charge in [-0.25, -0.2) is 9.67 Å². The Hall–Kier alpha value is -1.65. The van der Waals surface area contributed by atoms with E-state index in [1.165, 1.54) is 0 Å². The molecule has 90 valence electrons. The molecule has 3 aromatic rings. The van der Waals surface area contributed by atoms with Crippen molar-refractivity contribution in [2.75, 3.05) is 0 Å². The van der Waals surface area contributed by atoms with Gasteiger partial charge in [-0.05, 0) is 30.2 Å². The van der Waals surface area contributed by atoms with E-state index in [0.29, 0.717) is 16.2 Å². The van der Waals surface area contributed by atoms with Gasteiger partial charge in [0.15, 0.2) is 5.65 Å². The van der Waals surface area contributed by atoms with Crippen LogP contribution in [0.5, 0.6) is 0 Å². The third-order valence-corrected chi connectivity index (χ3v) is 3.16. The number of fused-ring (bicyclic) bond motifs is 1. The molecule has 0 saturated heterocycles. The summed E-state index contributed by atoms with van der Waals surface area (Å²) in [5, 5.41) is 5.41. The van der Waals surface area contributed by atoms with E-state index >= 15 is 0 Å². The quantitative estimate of drug-likeness (QED) is 0.506. The van der Waals surface area contributed by atoms with Crippen LogP contribution in [0.3, 0.4) is 0 Å². The Kier molecular flexibility index (Phi) is 2.69. The van der Waals surface area contributed by atoms with Crippen molar-refractivity contribution in [3.63, 3.8) is 0 Å². The lowest BCUT2D eigenvalue weighted by atomic mass is 10.2. The Balaban J connectivity index is 2.34. The van der Waals surface area contributed by atoms with Gasteiger partial charge >= 0.3 is 0 Å². The average molecular weight is 279 g/mol. The second-order valence-corrected chi connectivity index (χ2v) is 4.56. The minimum absolute atomic E-state index is 0.114. The highest BCUT2D eigenvalue weighted by Crippen LogP contribution is 2.24. The van der Waals surface area contributed by atoms with Crippen molar-refractivity contribution in [3.05, 3.63) is 46.5 Å². The van der Waals surface area contributed by atoms with E-state index in [1.54, 1.807) is 10.9 Å². The van der Waals surface area contributed by atoms with E-state index < -0.39 is 0 Å². The molecule has 0 amide bonds. The van der Waals surface area contributed by atoms with Crippen molar-refractivity contribution in [2.24, 2.45) is 0 Å². The first-order valence-corrected chi connectivity index (χ1v) is 6.05. The third kappa shape index (κ3) is 1.74. The minimum atomic E-state index is 0.114. The van der Waals surface area contributed by atoms with E-state index in [-0.39, 0.29) is 5.28 Å². The summed E-state index contributed by atoms with van der Waals surface area (Å²) in [4.78, 5) is 8.08. The van der Waals surface area contributed by atoms with E-state index in [9.17, 15) is 0 Å². The molecule has 0 fully saturated rings. The summed E-state index contributed by atoms with van der Waals surface area (Å²) < 4.78 is 1.71. The van der Waals surface area contributed by atoms with Gasteiger partial charge in [0.25, 0.3) is 0 Å². The van der Waals surface area contributed by atoms with Gasteiger partial charge in [0.2, 0.25) is 5.28 Å². The fraction of sp³-hybridized carbons (Fsp3) is 0.0833. The van der Waals surface area contributed by atoms with Crippen LogP contribution in [0.25, 0.3) is 16.7 Å². The number of aromatic nitrogens is 4. The number of rotatable bonds is 1. The Labute approximate surface area is 113 Å². The maximum absolute atomic E-state index is 6.01. The SMILES string of the molecule is Cc1ccccc1-n1ncc2c(Cl)nc(Cl)nc21. The molecular formula is C12H8Cl2N4. The number of para-hydroxylation sites is 1. The standard InChI is InChI=1S/C12H8Cl2N4/c1-7-4-2-3-5-9(7)18-11-8(6-15-18)10(13)16-12(14)17-11/h2-6H,1H3. The van der Waals surface area contributed by atoms with Crippen LogP contribution in [-0.2, 0) is 0 Å². The fourth-order valence-corrected chi connectivity index (χ4v) is 2.25. The van der Waals surface area contributed by atoms with Gasteiger partial charge in [0.05, 0.1) is 17.3 Å². The van der Waals surface area contributed by atoms with Crippen molar-refractivity contribution in [2.45, 2.75) is 6.92 Å². The molecule has 6 heteroatoms. The van der Waals surface area contributed by atoms with Crippen LogP contribution >= 0.6 is 23.2 Å². The molecule has 1 aromatic carbocycles. The number of hydrogen-bond donors (Lipinski definition) is 0. The molecule has 0 aliphatic carbocycles. The number of halogens is 2. The van der Waals surface area contributed by atoms with Gasteiger partial charge in [-0.3, -0.25) is 0 Å². The molecule has 0 atom stereocenters. The van der Waals surface area contributed by atoms with Crippen LogP contribution in [0.4, 0.5) is 0 Å². The van der Waals surface area contributed by atoms with Gasteiger partial charge in [-0.15, -0.1) is 0 Å². The third-order valence-electron chi connectivity index (χ3n) is 2.70. The average Bonchev–Trinajstić information content (AvgIpc) is 2.73. The van der Waals surface area contributed by atoms with E-state index in [4.69, 9.17) is 23.2 Å². The molecule has 4 nitrogen and oxygen atoms in total. The Morgan fingerprint density at radius 2 is 1.89 bits per heavy atom. The summed E-state index contributed by atoms with van der Waals surface area (Å²) >= 11 is 11.8. The number of aryl methyl sites for hydroxylation is 1. The maximum Gasteiger partial charge on any atom is 0.225 e. The van der Waals surface area contributed by atoms with Crippen LogP contribution in [-0.4, -0.2) is 19.7 Å². The summed E-state index contributed by atoms with van der Waals surface area (Å²) in [5.74, 6) is 0. The van der Waals surface area contributed by atoms with Crippen LogP contribution in [0.15, 0.2) is 30.5 Å². The smallest absolute Gasteiger partial charge is 0.214 e. The highest BCUT2D eigenvalue weighted by atomic mass is 35.5. The zero-order valence-corrected chi connectivity index (χ0v) is 10.9. The predicted octanol–water partition coefficient (Wildman–Crippen LogP) is 3.43. The highest BCUT2D eigenvalue weighted by Gasteiger charge is 2.12. The molecule has 0 N–H and O–H groups in total. The summed E-state index contributed by atoms with van der Waals surface area (Å²) in [5.41, 5.74) is 2.64. The maximum atomic E-state index is 6.01. The first-order chi connectivity index (χ1) is 8.66. The van der Waals surface area contributed by atoms with Crippen molar-refractivity contribution in [1.82, 2.24) is 19.7 Å². The van der Waals surface area contributed by atoms with Crippen LogP contribution in [0.1, 0.15) is 5.56 Å². The molecule has 0 unspecified atom stereocenters. The molecule has 0 spiro atoms. The van der Waals surface area contributed by atoms with Crippen LogP contribution in [0.2, 0.25) is 10.4 Å². The van der Waals surface area contributed by atoms with E-state index in [1.807, 2.05) is 31.2 Å². The Bertz CT molecular complexity index is 736. The molecule has 0 aliphatic rings. The van der Waals surface area contributed by atoms with Gasteiger partial charge in [-0.1, -0.05) is 29.8 Å². The van der Waals surface area contributed by atoms with Gasteiger partial charge in [0.1, 0.15) is 5.15 Å². The van der Waals surface area contributed by atoms with Crippen LogP contribution in [0, 0.1) is 6.92 Å². The second-order valence-electron chi connectivity index (χ2n) is 3.86. The van der Waals surface area contributed by atoms with E-state index in [0.717, 1.165) is 11.3 Å². The Morgan fingerprint density at radius 3 is 2.67 bits per heavy atom. The minimum Gasteiger partial charge on any atom is -0.214 e. The zero-order chi connectivity index (χ0) is 12.7. The molecule has 3 rings (SSSR count). The first kappa shape index (κ1) is 11.4. The predicted molar refractivity (Wildman–Crippen MR) is 71.4 cm³/mol. The monoisotopic (exact) mass is 278 g/mol. The molecule has 2 aromatic heterocycles. The van der Waals surface area contributed by atoms with Crippen LogP contribution < -0.4 is 0 Å². The van der Waals surface area contributed by atoms with E-state index in [2.05, 4.69) is 15.1 Å². The Morgan fingerprint density at radius 1 is 1.11 bits per heavy atom. The van der Waals surface area contributed by atoms with Crippen molar-refractivity contribution in [3.8, 4) is 5.69 Å². The van der Waals surface area contributed by atoms with Gasteiger partial charge < -0.3 is 0 Å². The topological polar surface area (TPSA) is 43.6 Å². The molecule has 0 aliphatic heterocycles. The van der Waals surface area contributed by atoms with Crippen molar-refractivity contribution >= 4 is 34.2 Å². The highest BCUT2D eigenvalue weighted by molar-refractivity contribution is 6.35. The molecule has 0 saturated carbocycles. The lowest BCUT2D eigenvalue weighted by Crippen LogP contribution is -2.00. The number of nitrogens with zero attached hydrogens (tertiary/aromatic N) is 4. The summed E-state index contributed by atoms with van der Waals surface area (Å²) in [6.07, 6.45) is 1.64. The molecular weight excluding hydrogens is 271 g/mol. The lowest BCUT2D eigenvalue weighted by Gasteiger charge is -2.06. The normalized spacial score (nSPS) is 11.1. The molecule has 18 heavy (non-hydrogen) atoms. The van der Waals surface area contributed by atoms with Crippen molar-refractivity contribution < 1.29 is 0 Å². The lowest BCUT2D eigenvalue weighted by molar-refractivity contribution is 0.887. The van der Waals surface area contributed by atoms with Gasteiger partial charge in [0, 0.05) is 0 Å². The summed E-state index contributed by atoms with van der Waals surface area (Å²) in [6.45, 7) is 2.01. The summed E-state index contributed by atoms with van der Waals surface area (Å²) in [7, 11) is 0. The number of hydrogen-bond acceptors (Lipinski definition) is 3. The van der Waals surface area contributed by atoms with Gasteiger partial charge in [-0.2, -0.15) is 10.1 Å².